The Labute approximate surface area is 162 Å². The number of benzene rings is 2. The van der Waals surface area contributed by atoms with E-state index in [9.17, 15) is 19.7 Å². The van der Waals surface area contributed by atoms with Gasteiger partial charge in [0, 0.05) is 22.2 Å². The third-order valence-electron chi connectivity index (χ3n) is 3.70. The molecule has 0 aliphatic carbocycles. The van der Waals surface area contributed by atoms with Crippen molar-refractivity contribution in [3.8, 4) is 0 Å². The largest absolute Gasteiger partial charge is 0.448 e. The predicted molar refractivity (Wildman–Crippen MR) is 103 cm³/mol. The van der Waals surface area contributed by atoms with Crippen LogP contribution < -0.4 is 5.32 Å². The van der Waals surface area contributed by atoms with Crippen molar-refractivity contribution in [3.05, 3.63) is 68.5 Å². The van der Waals surface area contributed by atoms with Crippen LogP contribution in [0.15, 0.2) is 48.5 Å². The second-order valence-corrected chi connectivity index (χ2v) is 7.10. The number of nitrogens with zero attached hydrogens (tertiary/aromatic N) is 1. The van der Waals surface area contributed by atoms with Gasteiger partial charge >= 0.3 is 5.97 Å². The number of hydrogen-bond donors (Lipinski definition) is 1. The number of fused-ring (bicyclic) bond motifs is 1. The fraction of sp³-hybridized carbons (Fsp3) is 0.111. The average Bonchev–Trinajstić information content (AvgIpc) is 3.06. The molecule has 0 saturated carbocycles. The van der Waals surface area contributed by atoms with Crippen molar-refractivity contribution >= 4 is 56.3 Å². The highest BCUT2D eigenvalue weighted by Crippen LogP contribution is 2.29. The second kappa shape index (κ2) is 7.73. The lowest BCUT2D eigenvalue weighted by molar-refractivity contribution is -0.384. The van der Waals surface area contributed by atoms with Crippen LogP contribution in [0.5, 0.6) is 0 Å². The van der Waals surface area contributed by atoms with Crippen molar-refractivity contribution < 1.29 is 19.2 Å². The van der Waals surface area contributed by atoms with Gasteiger partial charge in [0.1, 0.15) is 4.88 Å². The summed E-state index contributed by atoms with van der Waals surface area (Å²) in [6.45, 7) is 1.45. The summed E-state index contributed by atoms with van der Waals surface area (Å²) in [5.41, 5.74) is 0.356. The van der Waals surface area contributed by atoms with E-state index in [1.807, 2.05) is 0 Å². The summed E-state index contributed by atoms with van der Waals surface area (Å²) in [5.74, 6) is -1.20. The van der Waals surface area contributed by atoms with E-state index in [1.165, 1.54) is 25.1 Å². The van der Waals surface area contributed by atoms with Crippen molar-refractivity contribution in [1.29, 1.82) is 0 Å². The number of para-hydroxylation sites is 1. The standard InChI is InChI=1S/C18H13ClN2O5S/c1-10(17(22)20-14-5-3-2-4-13(14)19)26-18(23)16-9-11-8-12(21(24)25)6-7-15(11)27-16/h2-10H,1H3,(H,20,22)/t10-/m1/s1. The topological polar surface area (TPSA) is 98.5 Å². The highest BCUT2D eigenvalue weighted by molar-refractivity contribution is 7.20. The average molecular weight is 405 g/mol. The molecule has 9 heteroatoms. The molecule has 1 amide bonds. The number of esters is 1. The van der Waals surface area contributed by atoms with Crippen LogP contribution in [0.4, 0.5) is 11.4 Å². The molecule has 0 fully saturated rings. The number of halogens is 1. The lowest BCUT2D eigenvalue weighted by atomic mass is 10.2. The van der Waals surface area contributed by atoms with Gasteiger partial charge in [-0.1, -0.05) is 23.7 Å². The van der Waals surface area contributed by atoms with Gasteiger partial charge in [0.05, 0.1) is 15.6 Å². The van der Waals surface area contributed by atoms with Crippen LogP contribution in [0, 0.1) is 10.1 Å². The molecule has 3 aromatic rings. The first-order valence-electron chi connectivity index (χ1n) is 7.79. The Morgan fingerprint density at radius 2 is 1.96 bits per heavy atom. The van der Waals surface area contributed by atoms with Gasteiger partial charge in [0.15, 0.2) is 6.10 Å². The number of carbonyl (C=O) groups excluding carboxylic acids is 2. The van der Waals surface area contributed by atoms with Crippen molar-refractivity contribution in [1.82, 2.24) is 0 Å². The summed E-state index contributed by atoms with van der Waals surface area (Å²) in [5, 5.41) is 14.4. The van der Waals surface area contributed by atoms with E-state index in [2.05, 4.69) is 5.32 Å². The van der Waals surface area contributed by atoms with E-state index in [4.69, 9.17) is 16.3 Å². The molecule has 0 spiro atoms. The van der Waals surface area contributed by atoms with Gasteiger partial charge < -0.3 is 10.1 Å². The molecule has 0 aliphatic rings. The molecule has 27 heavy (non-hydrogen) atoms. The van der Waals surface area contributed by atoms with Crippen LogP contribution in [0.3, 0.4) is 0 Å². The van der Waals surface area contributed by atoms with Gasteiger partial charge in [-0.3, -0.25) is 14.9 Å². The summed E-state index contributed by atoms with van der Waals surface area (Å²) < 4.78 is 5.91. The molecular formula is C18H13ClN2O5S. The molecule has 1 N–H and O–H groups in total. The minimum atomic E-state index is -1.05. The first kappa shape index (κ1) is 18.8. The maximum absolute atomic E-state index is 12.3. The number of carbonyl (C=O) groups is 2. The number of nitrogens with one attached hydrogen (secondary N) is 1. The van der Waals surface area contributed by atoms with Gasteiger partial charge in [0.25, 0.3) is 11.6 Å². The highest BCUT2D eigenvalue weighted by Gasteiger charge is 2.21. The van der Waals surface area contributed by atoms with Crippen LogP contribution in [0.2, 0.25) is 5.02 Å². The predicted octanol–water partition coefficient (Wildman–Crippen LogP) is 4.65. The maximum atomic E-state index is 12.3. The third-order valence-corrected chi connectivity index (χ3v) is 5.12. The Bertz CT molecular complexity index is 1050. The van der Waals surface area contributed by atoms with E-state index in [1.54, 1.807) is 30.3 Å². The zero-order valence-electron chi connectivity index (χ0n) is 14.0. The van der Waals surface area contributed by atoms with Gasteiger partial charge in [-0.05, 0) is 31.2 Å². The second-order valence-electron chi connectivity index (χ2n) is 5.61. The van der Waals surface area contributed by atoms with E-state index < -0.39 is 22.9 Å². The van der Waals surface area contributed by atoms with Crippen molar-refractivity contribution in [3.63, 3.8) is 0 Å². The highest BCUT2D eigenvalue weighted by atomic mass is 35.5. The van der Waals surface area contributed by atoms with Crippen LogP contribution in [0.1, 0.15) is 16.6 Å². The van der Waals surface area contributed by atoms with Gasteiger partial charge in [-0.2, -0.15) is 0 Å². The SMILES string of the molecule is C[C@@H](OC(=O)c1cc2cc([N+](=O)[O-])ccc2s1)C(=O)Nc1ccccc1Cl. The number of anilines is 1. The van der Waals surface area contributed by atoms with Crippen LogP contribution >= 0.6 is 22.9 Å². The van der Waals surface area contributed by atoms with Gasteiger partial charge in [-0.15, -0.1) is 11.3 Å². The first-order chi connectivity index (χ1) is 12.8. The lowest BCUT2D eigenvalue weighted by Gasteiger charge is -2.13. The molecular weight excluding hydrogens is 392 g/mol. The molecule has 7 nitrogen and oxygen atoms in total. The molecule has 0 saturated heterocycles. The fourth-order valence-electron chi connectivity index (χ4n) is 2.31. The Morgan fingerprint density at radius 3 is 2.67 bits per heavy atom. The van der Waals surface area contributed by atoms with E-state index in [0.29, 0.717) is 20.8 Å². The lowest BCUT2D eigenvalue weighted by Crippen LogP contribution is -2.29. The zero-order valence-corrected chi connectivity index (χ0v) is 15.5. The molecule has 0 unspecified atom stereocenters. The Kier molecular flexibility index (Phi) is 5.38. The number of ether oxygens (including phenoxy) is 1. The number of thiophene rings is 1. The summed E-state index contributed by atoms with van der Waals surface area (Å²) in [4.78, 5) is 35.1. The van der Waals surface area contributed by atoms with E-state index >= 15 is 0 Å². The van der Waals surface area contributed by atoms with Crippen LogP contribution in [-0.4, -0.2) is 22.9 Å². The number of nitro benzene ring substituents is 1. The summed E-state index contributed by atoms with van der Waals surface area (Å²) >= 11 is 7.12. The van der Waals surface area contributed by atoms with Crippen molar-refractivity contribution in [2.24, 2.45) is 0 Å². The monoisotopic (exact) mass is 404 g/mol. The number of rotatable bonds is 5. The molecule has 138 valence electrons. The molecule has 0 bridgehead atoms. The fourth-order valence-corrected chi connectivity index (χ4v) is 3.42. The summed E-state index contributed by atoms with van der Waals surface area (Å²) in [7, 11) is 0. The normalized spacial score (nSPS) is 11.8. The van der Waals surface area contributed by atoms with E-state index in [-0.39, 0.29) is 10.6 Å². The molecule has 2 aromatic carbocycles. The maximum Gasteiger partial charge on any atom is 0.349 e. The number of amides is 1. The molecule has 1 heterocycles. The minimum absolute atomic E-state index is 0.0623. The summed E-state index contributed by atoms with van der Waals surface area (Å²) in [6, 6.07) is 12.5. The molecule has 0 aliphatic heterocycles. The van der Waals surface area contributed by atoms with Crippen LogP contribution in [0.25, 0.3) is 10.1 Å². The van der Waals surface area contributed by atoms with Crippen molar-refractivity contribution in [2.45, 2.75) is 13.0 Å². The first-order valence-corrected chi connectivity index (χ1v) is 8.99. The summed E-state index contributed by atoms with van der Waals surface area (Å²) in [6.07, 6.45) is -1.05. The molecule has 0 radical (unpaired) electrons. The van der Waals surface area contributed by atoms with E-state index in [0.717, 1.165) is 11.3 Å². The van der Waals surface area contributed by atoms with Gasteiger partial charge in [0.2, 0.25) is 0 Å². The Morgan fingerprint density at radius 1 is 1.22 bits per heavy atom. The molecule has 1 atom stereocenters. The molecule has 3 rings (SSSR count). The quantitative estimate of drug-likeness (QED) is 0.379. The molecule has 1 aromatic heterocycles. The number of nitro groups is 1. The van der Waals surface area contributed by atoms with Crippen molar-refractivity contribution in [2.75, 3.05) is 5.32 Å². The number of hydrogen-bond acceptors (Lipinski definition) is 6. The Balaban J connectivity index is 1.70. The Hall–Kier alpha value is -2.97. The van der Waals surface area contributed by atoms with Crippen LogP contribution in [-0.2, 0) is 9.53 Å². The number of non-ortho nitro benzene ring substituents is 1. The third kappa shape index (κ3) is 4.24. The zero-order chi connectivity index (χ0) is 19.6. The smallest absolute Gasteiger partial charge is 0.349 e. The van der Waals surface area contributed by atoms with Gasteiger partial charge in [-0.25, -0.2) is 4.79 Å². The minimum Gasteiger partial charge on any atom is -0.448 e.